The molecular formula is C10H6FN3. The highest BCUT2D eigenvalue weighted by atomic mass is 19.1. The highest BCUT2D eigenvalue weighted by molar-refractivity contribution is 5.82. The molecule has 0 aliphatic rings. The van der Waals surface area contributed by atoms with Crippen LogP contribution in [0.25, 0.3) is 10.9 Å². The normalized spacial score (nSPS) is 10.0. The third-order valence-corrected chi connectivity index (χ3v) is 1.93. The van der Waals surface area contributed by atoms with Gasteiger partial charge in [0.15, 0.2) is 0 Å². The summed E-state index contributed by atoms with van der Waals surface area (Å²) in [6.45, 7) is 0. The topological polar surface area (TPSA) is 62.7 Å². The minimum absolute atomic E-state index is 0.173. The number of hydrogen-bond donors (Lipinski definition) is 1. The lowest BCUT2D eigenvalue weighted by Gasteiger charge is -2.00. The van der Waals surface area contributed by atoms with E-state index in [9.17, 15) is 4.39 Å². The van der Waals surface area contributed by atoms with Gasteiger partial charge in [-0.05, 0) is 24.3 Å². The smallest absolute Gasteiger partial charge is 0.142 e. The molecule has 0 radical (unpaired) electrons. The van der Waals surface area contributed by atoms with Crippen molar-refractivity contribution in [2.45, 2.75) is 0 Å². The average molecular weight is 187 g/mol. The van der Waals surface area contributed by atoms with Gasteiger partial charge in [0.1, 0.15) is 17.7 Å². The van der Waals surface area contributed by atoms with Gasteiger partial charge in [0, 0.05) is 5.39 Å². The van der Waals surface area contributed by atoms with Gasteiger partial charge in [-0.15, -0.1) is 0 Å². The molecule has 0 atom stereocenters. The monoisotopic (exact) mass is 187 g/mol. The first-order valence-electron chi connectivity index (χ1n) is 3.96. The second kappa shape index (κ2) is 2.96. The molecule has 0 fully saturated rings. The number of pyridine rings is 1. The van der Waals surface area contributed by atoms with Crippen molar-refractivity contribution in [2.24, 2.45) is 0 Å². The summed E-state index contributed by atoms with van der Waals surface area (Å²) < 4.78 is 12.8. The number of nitrogens with zero attached hydrogens (tertiary/aromatic N) is 2. The predicted molar refractivity (Wildman–Crippen MR) is 50.8 cm³/mol. The van der Waals surface area contributed by atoms with E-state index in [1.807, 2.05) is 6.07 Å². The summed E-state index contributed by atoms with van der Waals surface area (Å²) in [5.41, 5.74) is 6.36. The van der Waals surface area contributed by atoms with Crippen molar-refractivity contribution >= 4 is 16.7 Å². The third kappa shape index (κ3) is 1.25. The molecule has 1 heterocycles. The SMILES string of the molecule is N#Cc1cc2cc(F)ccc2nc1N. The van der Waals surface area contributed by atoms with Crippen LogP contribution in [0.5, 0.6) is 0 Å². The van der Waals surface area contributed by atoms with Gasteiger partial charge in [0.05, 0.1) is 11.1 Å². The number of rotatable bonds is 0. The largest absolute Gasteiger partial charge is 0.383 e. The minimum atomic E-state index is -0.354. The number of anilines is 1. The van der Waals surface area contributed by atoms with Gasteiger partial charge in [-0.2, -0.15) is 5.26 Å². The number of benzene rings is 1. The number of nitrogen functional groups attached to an aromatic ring is 1. The highest BCUT2D eigenvalue weighted by Gasteiger charge is 2.03. The van der Waals surface area contributed by atoms with Crippen LogP contribution in [0.3, 0.4) is 0 Å². The van der Waals surface area contributed by atoms with Crippen LogP contribution in [0.15, 0.2) is 24.3 Å². The van der Waals surface area contributed by atoms with E-state index in [0.29, 0.717) is 10.9 Å². The van der Waals surface area contributed by atoms with E-state index in [2.05, 4.69) is 4.98 Å². The molecule has 4 heteroatoms. The zero-order valence-corrected chi connectivity index (χ0v) is 7.16. The fraction of sp³-hybridized carbons (Fsp3) is 0. The maximum atomic E-state index is 12.8. The van der Waals surface area contributed by atoms with Crippen molar-refractivity contribution in [1.29, 1.82) is 5.26 Å². The van der Waals surface area contributed by atoms with Crippen molar-refractivity contribution in [3.63, 3.8) is 0 Å². The molecule has 0 bridgehead atoms. The molecular weight excluding hydrogens is 181 g/mol. The molecule has 0 spiro atoms. The Morgan fingerprint density at radius 3 is 2.86 bits per heavy atom. The lowest BCUT2D eigenvalue weighted by molar-refractivity contribution is 0.629. The molecule has 2 N–H and O–H groups in total. The quantitative estimate of drug-likeness (QED) is 0.684. The van der Waals surface area contributed by atoms with Crippen LogP contribution < -0.4 is 5.73 Å². The standard InChI is InChI=1S/C10H6FN3/c11-8-1-2-9-6(4-8)3-7(5-12)10(13)14-9/h1-4H,(H2,13,14). The predicted octanol–water partition coefficient (Wildman–Crippen LogP) is 1.83. The molecule has 14 heavy (non-hydrogen) atoms. The number of aromatic nitrogens is 1. The van der Waals surface area contributed by atoms with Crippen molar-refractivity contribution < 1.29 is 4.39 Å². The average Bonchev–Trinajstić information content (AvgIpc) is 2.17. The molecule has 1 aromatic carbocycles. The molecule has 0 saturated carbocycles. The van der Waals surface area contributed by atoms with Crippen LogP contribution in [0.4, 0.5) is 10.2 Å². The molecule has 0 unspecified atom stereocenters. The summed E-state index contributed by atoms with van der Waals surface area (Å²) in [5.74, 6) is -0.181. The summed E-state index contributed by atoms with van der Waals surface area (Å²) in [6, 6.07) is 7.58. The van der Waals surface area contributed by atoms with Gasteiger partial charge in [-0.25, -0.2) is 9.37 Å². The first kappa shape index (κ1) is 8.45. The minimum Gasteiger partial charge on any atom is -0.383 e. The van der Waals surface area contributed by atoms with E-state index in [1.165, 1.54) is 24.3 Å². The van der Waals surface area contributed by atoms with Gasteiger partial charge in [0.2, 0.25) is 0 Å². The van der Waals surface area contributed by atoms with Gasteiger partial charge in [-0.3, -0.25) is 0 Å². The zero-order valence-electron chi connectivity index (χ0n) is 7.16. The Labute approximate surface area is 79.6 Å². The number of halogens is 1. The number of nitrogens with two attached hydrogens (primary N) is 1. The Bertz CT molecular complexity index is 543. The fourth-order valence-corrected chi connectivity index (χ4v) is 1.25. The van der Waals surface area contributed by atoms with E-state index in [1.54, 1.807) is 0 Å². The highest BCUT2D eigenvalue weighted by Crippen LogP contribution is 2.18. The number of nitriles is 1. The molecule has 0 amide bonds. The number of hydrogen-bond acceptors (Lipinski definition) is 3. The zero-order chi connectivity index (χ0) is 10.1. The second-order valence-electron chi connectivity index (χ2n) is 2.87. The lowest BCUT2D eigenvalue weighted by atomic mass is 10.1. The van der Waals surface area contributed by atoms with E-state index in [4.69, 9.17) is 11.0 Å². The molecule has 68 valence electrons. The maximum absolute atomic E-state index is 12.8. The van der Waals surface area contributed by atoms with Crippen LogP contribution in [0, 0.1) is 17.1 Å². The van der Waals surface area contributed by atoms with E-state index in [-0.39, 0.29) is 17.2 Å². The van der Waals surface area contributed by atoms with Crippen molar-refractivity contribution in [2.75, 3.05) is 5.73 Å². The second-order valence-corrected chi connectivity index (χ2v) is 2.87. The van der Waals surface area contributed by atoms with Gasteiger partial charge in [-0.1, -0.05) is 0 Å². The molecule has 0 aliphatic heterocycles. The molecule has 3 nitrogen and oxygen atoms in total. The first-order valence-corrected chi connectivity index (χ1v) is 3.96. The van der Waals surface area contributed by atoms with Crippen LogP contribution in [0.1, 0.15) is 5.56 Å². The lowest BCUT2D eigenvalue weighted by Crippen LogP contribution is -1.95. The summed E-state index contributed by atoms with van der Waals surface area (Å²) in [5, 5.41) is 9.26. The summed E-state index contributed by atoms with van der Waals surface area (Å²) in [4.78, 5) is 3.98. The van der Waals surface area contributed by atoms with Crippen molar-refractivity contribution in [1.82, 2.24) is 4.98 Å². The Balaban J connectivity index is 2.82. The molecule has 2 rings (SSSR count). The molecule has 0 saturated heterocycles. The fourth-order valence-electron chi connectivity index (χ4n) is 1.25. The summed E-state index contributed by atoms with van der Waals surface area (Å²) in [7, 11) is 0. The molecule has 0 aliphatic carbocycles. The Morgan fingerprint density at radius 1 is 1.36 bits per heavy atom. The van der Waals surface area contributed by atoms with Crippen LogP contribution in [-0.2, 0) is 0 Å². The first-order chi connectivity index (χ1) is 6.70. The van der Waals surface area contributed by atoms with Gasteiger partial charge >= 0.3 is 0 Å². The Morgan fingerprint density at radius 2 is 2.14 bits per heavy atom. The maximum Gasteiger partial charge on any atom is 0.142 e. The van der Waals surface area contributed by atoms with Crippen molar-refractivity contribution in [3.8, 4) is 6.07 Å². The Kier molecular flexibility index (Phi) is 1.79. The van der Waals surface area contributed by atoms with E-state index in [0.717, 1.165) is 0 Å². The van der Waals surface area contributed by atoms with Gasteiger partial charge in [0.25, 0.3) is 0 Å². The molecule has 1 aromatic heterocycles. The van der Waals surface area contributed by atoms with Crippen LogP contribution in [0.2, 0.25) is 0 Å². The summed E-state index contributed by atoms with van der Waals surface area (Å²) in [6.07, 6.45) is 0. The number of fused-ring (bicyclic) bond motifs is 1. The van der Waals surface area contributed by atoms with Crippen LogP contribution in [-0.4, -0.2) is 4.98 Å². The van der Waals surface area contributed by atoms with E-state index < -0.39 is 0 Å². The van der Waals surface area contributed by atoms with Gasteiger partial charge < -0.3 is 5.73 Å². The third-order valence-electron chi connectivity index (χ3n) is 1.93. The van der Waals surface area contributed by atoms with Crippen LogP contribution >= 0.6 is 0 Å². The summed E-state index contributed by atoms with van der Waals surface area (Å²) >= 11 is 0. The van der Waals surface area contributed by atoms with E-state index >= 15 is 0 Å². The Hall–Kier alpha value is -2.15. The van der Waals surface area contributed by atoms with Crippen molar-refractivity contribution in [3.05, 3.63) is 35.6 Å². The molecule has 2 aromatic rings.